The fourth-order valence-electron chi connectivity index (χ4n) is 0. The quantitative estimate of drug-likeness (QED) is 0.482. The SMILES string of the molecule is CC(O)C(=O)O.C[N+](C)(C)C.O.O. The lowest BCUT2D eigenvalue weighted by Crippen LogP contribution is -2.27. The number of aliphatic hydroxyl groups is 1. The monoisotopic (exact) mass is 200 g/mol. The third-order valence-electron chi connectivity index (χ3n) is 0.357. The van der Waals surface area contributed by atoms with E-state index < -0.39 is 12.1 Å². The maximum Gasteiger partial charge on any atom is 0.332 e. The molecule has 6 nitrogen and oxygen atoms in total. The Bertz CT molecular complexity index is 113. The van der Waals surface area contributed by atoms with Crippen molar-refractivity contribution >= 4 is 5.97 Å². The van der Waals surface area contributed by atoms with Crippen LogP contribution in [0.1, 0.15) is 6.92 Å². The van der Waals surface area contributed by atoms with Crippen LogP contribution < -0.4 is 0 Å². The maximum absolute atomic E-state index is 9.45. The molecule has 0 aliphatic carbocycles. The van der Waals surface area contributed by atoms with Gasteiger partial charge in [0, 0.05) is 0 Å². The summed E-state index contributed by atoms with van der Waals surface area (Å²) in [6.07, 6.45) is -1.23. The average Bonchev–Trinajstić information content (AvgIpc) is 1.59. The van der Waals surface area contributed by atoms with Gasteiger partial charge in [0.2, 0.25) is 0 Å². The van der Waals surface area contributed by atoms with Crippen LogP contribution in [0.4, 0.5) is 0 Å². The second-order valence-corrected chi connectivity index (χ2v) is 3.70. The zero-order chi connectivity index (χ0) is 9.65. The Morgan fingerprint density at radius 2 is 1.23 bits per heavy atom. The van der Waals surface area contributed by atoms with Gasteiger partial charge in [0.15, 0.2) is 0 Å². The van der Waals surface area contributed by atoms with Crippen molar-refractivity contribution in [3.8, 4) is 0 Å². The molecule has 0 fully saturated rings. The van der Waals surface area contributed by atoms with Crippen LogP contribution >= 0.6 is 0 Å². The molecule has 0 aliphatic rings. The first kappa shape index (κ1) is 22.8. The summed E-state index contributed by atoms with van der Waals surface area (Å²) in [5, 5.41) is 15.8. The van der Waals surface area contributed by atoms with Crippen LogP contribution in [0, 0.1) is 0 Å². The minimum atomic E-state index is -1.23. The summed E-state index contributed by atoms with van der Waals surface area (Å²) >= 11 is 0. The largest absolute Gasteiger partial charge is 0.479 e. The van der Waals surface area contributed by atoms with Crippen LogP contribution in [0.25, 0.3) is 0 Å². The van der Waals surface area contributed by atoms with Crippen molar-refractivity contribution in [1.29, 1.82) is 0 Å². The molecule has 0 saturated heterocycles. The van der Waals surface area contributed by atoms with Gasteiger partial charge >= 0.3 is 5.97 Å². The van der Waals surface area contributed by atoms with Crippen LogP contribution in [0.2, 0.25) is 0 Å². The summed E-state index contributed by atoms with van der Waals surface area (Å²) in [7, 11) is 8.50. The van der Waals surface area contributed by atoms with Crippen molar-refractivity contribution in [2.45, 2.75) is 13.0 Å². The van der Waals surface area contributed by atoms with Gasteiger partial charge in [-0.3, -0.25) is 0 Å². The Labute approximate surface area is 78.6 Å². The number of quaternary nitrogens is 1. The van der Waals surface area contributed by atoms with Crippen molar-refractivity contribution in [2.75, 3.05) is 28.2 Å². The molecule has 0 aromatic carbocycles. The van der Waals surface area contributed by atoms with Gasteiger partial charge in [-0.1, -0.05) is 0 Å². The number of carboxylic acids is 1. The molecule has 13 heavy (non-hydrogen) atoms. The molecule has 1 atom stereocenters. The fourth-order valence-corrected chi connectivity index (χ4v) is 0. The molecule has 0 aromatic heterocycles. The fraction of sp³-hybridized carbons (Fsp3) is 0.857. The van der Waals surface area contributed by atoms with Gasteiger partial charge in [-0.2, -0.15) is 0 Å². The lowest BCUT2D eigenvalue weighted by atomic mass is 10.4. The first-order valence-electron chi connectivity index (χ1n) is 3.34. The Hall–Kier alpha value is -0.690. The first-order valence-corrected chi connectivity index (χ1v) is 3.34. The van der Waals surface area contributed by atoms with E-state index in [1.165, 1.54) is 6.92 Å². The number of nitrogens with zero attached hydrogens (tertiary/aromatic N) is 1. The lowest BCUT2D eigenvalue weighted by Gasteiger charge is -2.14. The molecule has 84 valence electrons. The van der Waals surface area contributed by atoms with Crippen molar-refractivity contribution in [2.24, 2.45) is 0 Å². The van der Waals surface area contributed by atoms with E-state index in [9.17, 15) is 4.79 Å². The molecular weight excluding hydrogens is 178 g/mol. The summed E-state index contributed by atoms with van der Waals surface area (Å²) in [6, 6.07) is 0. The normalized spacial score (nSPS) is 10.9. The Morgan fingerprint density at radius 3 is 1.23 bits per heavy atom. The topological polar surface area (TPSA) is 121 Å². The van der Waals surface area contributed by atoms with Crippen LogP contribution in [0.3, 0.4) is 0 Å². The molecule has 0 amide bonds. The smallest absolute Gasteiger partial charge is 0.332 e. The van der Waals surface area contributed by atoms with Gasteiger partial charge < -0.3 is 25.6 Å². The molecular formula is C7H22NO5+. The number of carbonyl (C=O) groups is 1. The van der Waals surface area contributed by atoms with E-state index in [-0.39, 0.29) is 11.0 Å². The predicted octanol–water partition coefficient (Wildman–Crippen LogP) is -1.88. The number of rotatable bonds is 1. The summed E-state index contributed by atoms with van der Waals surface area (Å²) in [5.41, 5.74) is 0. The minimum absolute atomic E-state index is 0. The highest BCUT2D eigenvalue weighted by Gasteiger charge is 2.01. The van der Waals surface area contributed by atoms with Gasteiger partial charge in [-0.15, -0.1) is 0 Å². The van der Waals surface area contributed by atoms with Gasteiger partial charge in [0.25, 0.3) is 0 Å². The van der Waals surface area contributed by atoms with E-state index >= 15 is 0 Å². The lowest BCUT2D eigenvalue weighted by molar-refractivity contribution is -0.849. The zero-order valence-corrected chi connectivity index (χ0v) is 8.83. The van der Waals surface area contributed by atoms with Gasteiger partial charge in [0.1, 0.15) is 6.10 Å². The number of hydrogen-bond acceptors (Lipinski definition) is 2. The molecule has 0 aliphatic heterocycles. The molecule has 0 bridgehead atoms. The summed E-state index contributed by atoms with van der Waals surface area (Å²) < 4.78 is 1.00. The molecule has 0 rings (SSSR count). The zero-order valence-electron chi connectivity index (χ0n) is 8.83. The standard InChI is InChI=1S/C4H12N.C3H6O3.2H2O/c1-5(2,3)4;1-2(4)3(5)6;;/h1-4H3;2,4H,1H3,(H,5,6);2*1H2/q+1;;;. The summed E-state index contributed by atoms with van der Waals surface area (Å²) in [6.45, 7) is 1.20. The first-order chi connectivity index (χ1) is 4.64. The number of hydrogen-bond donors (Lipinski definition) is 2. The second-order valence-electron chi connectivity index (χ2n) is 3.70. The second kappa shape index (κ2) is 9.40. The van der Waals surface area contributed by atoms with Crippen molar-refractivity contribution in [3.63, 3.8) is 0 Å². The van der Waals surface area contributed by atoms with Crippen LogP contribution in [0.5, 0.6) is 0 Å². The Morgan fingerprint density at radius 1 is 1.15 bits per heavy atom. The van der Waals surface area contributed by atoms with Crippen molar-refractivity contribution < 1.29 is 30.4 Å². The predicted molar refractivity (Wildman–Crippen MR) is 50.5 cm³/mol. The van der Waals surface area contributed by atoms with Gasteiger partial charge in [0.05, 0.1) is 28.2 Å². The number of aliphatic carboxylic acids is 1. The Kier molecular flexibility index (Phi) is 16.5. The minimum Gasteiger partial charge on any atom is -0.479 e. The Balaban J connectivity index is -0.0000000546. The van der Waals surface area contributed by atoms with Gasteiger partial charge in [-0.25, -0.2) is 4.79 Å². The van der Waals surface area contributed by atoms with E-state index in [2.05, 4.69) is 28.2 Å². The highest BCUT2D eigenvalue weighted by molar-refractivity contribution is 5.71. The van der Waals surface area contributed by atoms with Crippen molar-refractivity contribution in [3.05, 3.63) is 0 Å². The van der Waals surface area contributed by atoms with Crippen LogP contribution in [0.15, 0.2) is 0 Å². The molecule has 0 radical (unpaired) electrons. The summed E-state index contributed by atoms with van der Waals surface area (Å²) in [4.78, 5) is 9.45. The van der Waals surface area contributed by atoms with Gasteiger partial charge in [-0.05, 0) is 6.92 Å². The molecule has 6 N–H and O–H groups in total. The number of aliphatic hydroxyl groups excluding tert-OH is 1. The highest BCUT2D eigenvalue weighted by Crippen LogP contribution is 1.74. The van der Waals surface area contributed by atoms with E-state index in [4.69, 9.17) is 10.2 Å². The molecule has 0 saturated carbocycles. The molecule has 0 heterocycles. The molecule has 1 unspecified atom stereocenters. The third-order valence-corrected chi connectivity index (χ3v) is 0.357. The van der Waals surface area contributed by atoms with Crippen LogP contribution in [-0.4, -0.2) is 65.9 Å². The highest BCUT2D eigenvalue weighted by atomic mass is 16.4. The molecule has 0 aromatic rings. The average molecular weight is 200 g/mol. The maximum atomic E-state index is 9.45. The third kappa shape index (κ3) is 89.5. The van der Waals surface area contributed by atoms with E-state index in [1.807, 2.05) is 0 Å². The molecule has 6 heteroatoms. The summed E-state index contributed by atoms with van der Waals surface area (Å²) in [5.74, 6) is -1.19. The van der Waals surface area contributed by atoms with Crippen LogP contribution in [-0.2, 0) is 4.79 Å². The number of carboxylic acid groups (broad SMARTS) is 1. The van der Waals surface area contributed by atoms with Crippen molar-refractivity contribution in [1.82, 2.24) is 0 Å². The van der Waals surface area contributed by atoms with E-state index in [0.29, 0.717) is 0 Å². The van der Waals surface area contributed by atoms with E-state index in [0.717, 1.165) is 4.48 Å². The molecule has 0 spiro atoms. The van der Waals surface area contributed by atoms with E-state index in [1.54, 1.807) is 0 Å².